The van der Waals surface area contributed by atoms with Crippen molar-refractivity contribution in [3.8, 4) is 11.5 Å². The first-order chi connectivity index (χ1) is 8.65. The fraction of sp³-hybridized carbons (Fsp3) is 0.308. The number of benzene rings is 1. The van der Waals surface area contributed by atoms with Gasteiger partial charge in [-0.05, 0) is 25.5 Å². The first-order valence-electron chi connectivity index (χ1n) is 5.74. The maximum Gasteiger partial charge on any atom is 0.319 e. The van der Waals surface area contributed by atoms with Gasteiger partial charge in [0, 0.05) is 18.3 Å². The van der Waals surface area contributed by atoms with Gasteiger partial charge in [-0.25, -0.2) is 4.79 Å². The quantitative estimate of drug-likeness (QED) is 0.805. The number of carbonyl (C=O) groups is 1. The lowest BCUT2D eigenvalue weighted by Gasteiger charge is -2.08. The van der Waals surface area contributed by atoms with E-state index in [-0.39, 0.29) is 12.8 Å². The zero-order chi connectivity index (χ0) is 13.0. The molecule has 96 valence electrons. The first kappa shape index (κ1) is 12.3. The molecule has 1 aromatic carbocycles. The molecule has 0 unspecified atom stereocenters. The maximum absolute atomic E-state index is 11.6. The van der Waals surface area contributed by atoms with Crippen LogP contribution in [0, 0.1) is 0 Å². The van der Waals surface area contributed by atoms with Crippen molar-refractivity contribution in [2.45, 2.75) is 13.3 Å². The minimum atomic E-state index is -0.241. The molecule has 1 aliphatic rings. The fourth-order valence-corrected chi connectivity index (χ4v) is 1.54. The summed E-state index contributed by atoms with van der Waals surface area (Å²) in [4.78, 5) is 11.6. The number of amides is 2. The Labute approximate surface area is 106 Å². The first-order valence-corrected chi connectivity index (χ1v) is 5.74. The Balaban J connectivity index is 1.85. The molecular formula is C13H16N2O3. The van der Waals surface area contributed by atoms with Crippen LogP contribution >= 0.6 is 0 Å². The number of carbonyl (C=O) groups excluding carboxylic acids is 1. The molecule has 2 rings (SSSR count). The maximum atomic E-state index is 11.6. The van der Waals surface area contributed by atoms with E-state index in [0.29, 0.717) is 23.7 Å². The molecule has 2 N–H and O–H groups in total. The number of hydrogen-bond donors (Lipinski definition) is 2. The van der Waals surface area contributed by atoms with Crippen molar-refractivity contribution in [2.75, 3.05) is 18.7 Å². The summed E-state index contributed by atoms with van der Waals surface area (Å²) in [5.74, 6) is 1.35. The van der Waals surface area contributed by atoms with Crippen molar-refractivity contribution in [1.29, 1.82) is 0 Å². The third-order valence-electron chi connectivity index (χ3n) is 2.47. The van der Waals surface area contributed by atoms with Crippen LogP contribution in [0.4, 0.5) is 10.5 Å². The molecule has 2 amide bonds. The van der Waals surface area contributed by atoms with Crippen LogP contribution in [0.2, 0.25) is 0 Å². The molecule has 1 heterocycles. The summed E-state index contributed by atoms with van der Waals surface area (Å²) in [5.41, 5.74) is 1.71. The highest BCUT2D eigenvalue weighted by molar-refractivity contribution is 5.89. The van der Waals surface area contributed by atoms with E-state index in [0.717, 1.165) is 12.0 Å². The molecule has 0 aromatic heterocycles. The number of hydrogen-bond acceptors (Lipinski definition) is 3. The van der Waals surface area contributed by atoms with E-state index >= 15 is 0 Å². The van der Waals surface area contributed by atoms with Gasteiger partial charge in [0.15, 0.2) is 11.5 Å². The zero-order valence-corrected chi connectivity index (χ0v) is 10.3. The van der Waals surface area contributed by atoms with E-state index in [9.17, 15) is 4.79 Å². The number of anilines is 1. The molecular weight excluding hydrogens is 232 g/mol. The van der Waals surface area contributed by atoms with E-state index in [4.69, 9.17) is 9.47 Å². The highest BCUT2D eigenvalue weighted by atomic mass is 16.7. The second-order valence-corrected chi connectivity index (χ2v) is 4.16. The Morgan fingerprint density at radius 3 is 2.94 bits per heavy atom. The highest BCUT2D eigenvalue weighted by Gasteiger charge is 2.13. The monoisotopic (exact) mass is 248 g/mol. The van der Waals surface area contributed by atoms with Crippen LogP contribution in [-0.2, 0) is 0 Å². The van der Waals surface area contributed by atoms with Gasteiger partial charge in [-0.1, -0.05) is 5.57 Å². The number of nitrogens with one attached hydrogen (secondary N) is 2. The number of ether oxygens (including phenoxy) is 2. The van der Waals surface area contributed by atoms with E-state index in [2.05, 4.69) is 17.2 Å². The van der Waals surface area contributed by atoms with Gasteiger partial charge in [0.05, 0.1) is 0 Å². The van der Waals surface area contributed by atoms with Gasteiger partial charge in [0.25, 0.3) is 0 Å². The van der Waals surface area contributed by atoms with Gasteiger partial charge in [-0.15, -0.1) is 6.58 Å². The predicted molar refractivity (Wildman–Crippen MR) is 69.0 cm³/mol. The Hall–Kier alpha value is -2.17. The van der Waals surface area contributed by atoms with Crippen LogP contribution in [0.15, 0.2) is 30.4 Å². The van der Waals surface area contributed by atoms with Gasteiger partial charge >= 0.3 is 6.03 Å². The minimum Gasteiger partial charge on any atom is -0.454 e. The minimum absolute atomic E-state index is 0.226. The van der Waals surface area contributed by atoms with Crippen molar-refractivity contribution >= 4 is 11.7 Å². The average Bonchev–Trinajstić information content (AvgIpc) is 2.75. The Morgan fingerprint density at radius 1 is 1.39 bits per heavy atom. The Bertz CT molecular complexity index is 471. The molecule has 1 aromatic rings. The molecule has 18 heavy (non-hydrogen) atoms. The van der Waals surface area contributed by atoms with E-state index in [1.165, 1.54) is 0 Å². The Morgan fingerprint density at radius 2 is 2.17 bits per heavy atom. The van der Waals surface area contributed by atoms with Crippen molar-refractivity contribution in [1.82, 2.24) is 5.32 Å². The van der Waals surface area contributed by atoms with Gasteiger partial charge in [-0.3, -0.25) is 0 Å². The molecule has 0 aliphatic carbocycles. The number of fused-ring (bicyclic) bond motifs is 1. The molecule has 0 fully saturated rings. The molecule has 1 aliphatic heterocycles. The average molecular weight is 248 g/mol. The third-order valence-corrected chi connectivity index (χ3v) is 2.47. The number of urea groups is 1. The smallest absolute Gasteiger partial charge is 0.319 e. The van der Waals surface area contributed by atoms with E-state index in [1.807, 2.05) is 6.92 Å². The molecule has 0 bridgehead atoms. The second-order valence-electron chi connectivity index (χ2n) is 4.16. The third kappa shape index (κ3) is 3.16. The zero-order valence-electron chi connectivity index (χ0n) is 10.3. The molecule has 5 nitrogen and oxygen atoms in total. The topological polar surface area (TPSA) is 59.6 Å². The summed E-state index contributed by atoms with van der Waals surface area (Å²) in [5, 5.41) is 5.48. The molecule has 5 heteroatoms. The summed E-state index contributed by atoms with van der Waals surface area (Å²) in [7, 11) is 0. The van der Waals surface area contributed by atoms with Crippen molar-refractivity contribution in [3.63, 3.8) is 0 Å². The van der Waals surface area contributed by atoms with Crippen molar-refractivity contribution in [2.24, 2.45) is 0 Å². The van der Waals surface area contributed by atoms with Gasteiger partial charge in [0.1, 0.15) is 0 Å². The highest BCUT2D eigenvalue weighted by Crippen LogP contribution is 2.34. The second kappa shape index (κ2) is 5.44. The molecule has 0 saturated carbocycles. The summed E-state index contributed by atoms with van der Waals surface area (Å²) in [6.45, 7) is 6.50. The van der Waals surface area contributed by atoms with Crippen molar-refractivity contribution in [3.05, 3.63) is 30.4 Å². The summed E-state index contributed by atoms with van der Waals surface area (Å²) in [6.07, 6.45) is 0.772. The summed E-state index contributed by atoms with van der Waals surface area (Å²) < 4.78 is 10.4. The Kier molecular flexibility index (Phi) is 3.72. The lowest BCUT2D eigenvalue weighted by molar-refractivity contribution is 0.174. The van der Waals surface area contributed by atoms with E-state index in [1.54, 1.807) is 18.2 Å². The van der Waals surface area contributed by atoms with Gasteiger partial charge in [0.2, 0.25) is 6.79 Å². The summed E-state index contributed by atoms with van der Waals surface area (Å²) >= 11 is 0. The van der Waals surface area contributed by atoms with Crippen LogP contribution in [0.1, 0.15) is 13.3 Å². The van der Waals surface area contributed by atoms with Crippen LogP contribution in [0.25, 0.3) is 0 Å². The molecule has 0 radical (unpaired) electrons. The molecule has 0 spiro atoms. The molecule has 0 atom stereocenters. The van der Waals surface area contributed by atoms with Crippen LogP contribution in [-0.4, -0.2) is 19.4 Å². The fourth-order valence-electron chi connectivity index (χ4n) is 1.54. The predicted octanol–water partition coefficient (Wildman–Crippen LogP) is 2.50. The van der Waals surface area contributed by atoms with Gasteiger partial charge < -0.3 is 20.1 Å². The summed E-state index contributed by atoms with van der Waals surface area (Å²) in [6, 6.07) is 5.04. The molecule has 0 saturated heterocycles. The van der Waals surface area contributed by atoms with Crippen LogP contribution in [0.3, 0.4) is 0 Å². The van der Waals surface area contributed by atoms with Gasteiger partial charge in [-0.2, -0.15) is 0 Å². The lowest BCUT2D eigenvalue weighted by atomic mass is 10.2. The van der Waals surface area contributed by atoms with Crippen molar-refractivity contribution < 1.29 is 14.3 Å². The number of rotatable bonds is 4. The SMILES string of the molecule is C=C(C)CCNC(=O)Nc1ccc2c(c1)OCO2. The normalized spacial score (nSPS) is 12.1. The van der Waals surface area contributed by atoms with Crippen LogP contribution < -0.4 is 20.1 Å². The van der Waals surface area contributed by atoms with Crippen LogP contribution in [0.5, 0.6) is 11.5 Å². The standard InChI is InChI=1S/C13H16N2O3/c1-9(2)5-6-14-13(16)15-10-3-4-11-12(7-10)18-8-17-11/h3-4,7H,1,5-6,8H2,2H3,(H2,14,15,16). The van der Waals surface area contributed by atoms with E-state index < -0.39 is 0 Å². The lowest BCUT2D eigenvalue weighted by Crippen LogP contribution is -2.29. The largest absolute Gasteiger partial charge is 0.454 e.